The number of hydrogen-bond acceptors (Lipinski definition) is 4. The number of hydrogen-bond donors (Lipinski definition) is 2. The number of imidazole rings is 1. The molecule has 2 N–H and O–H groups in total. The fourth-order valence-corrected chi connectivity index (χ4v) is 3.55. The number of amides is 1. The number of aryl methyl sites for hydroxylation is 1. The van der Waals surface area contributed by atoms with E-state index in [0.717, 1.165) is 54.8 Å². The van der Waals surface area contributed by atoms with Crippen molar-refractivity contribution in [3.63, 3.8) is 0 Å². The third-order valence-corrected chi connectivity index (χ3v) is 4.47. The number of nitrogens with one attached hydrogen (secondary N) is 1. The molecule has 1 heterocycles. The van der Waals surface area contributed by atoms with E-state index in [2.05, 4.69) is 50.4 Å². The number of fused-ring (bicyclic) bond motifs is 1. The van der Waals surface area contributed by atoms with E-state index in [1.165, 1.54) is 6.08 Å². The predicted molar refractivity (Wildman–Crippen MR) is 110 cm³/mol. The highest BCUT2D eigenvalue weighted by molar-refractivity contribution is 5.91. The highest BCUT2D eigenvalue weighted by Gasteiger charge is 2.22. The standard InChI is InChI=1S/C21H32N4O2/c1-6-7-8-19-22-17-13-16(10-12-20(26)23-27)9-11-18(17)25(19)15-21(2,3)14-24(4)5/h9-13,27H,6-8,14-15H2,1-5H3,(H,23,26). The number of carbonyl (C=O) groups excluding carboxylic acids is 1. The molecule has 0 aliphatic carbocycles. The van der Waals surface area contributed by atoms with Crippen LogP contribution in [0.2, 0.25) is 0 Å². The minimum Gasteiger partial charge on any atom is -0.327 e. The average molecular weight is 373 g/mol. The third kappa shape index (κ3) is 5.91. The van der Waals surface area contributed by atoms with Crippen LogP contribution >= 0.6 is 0 Å². The average Bonchev–Trinajstić information content (AvgIpc) is 2.92. The molecule has 0 aliphatic rings. The molecule has 0 unspecified atom stereocenters. The Morgan fingerprint density at radius 1 is 1.37 bits per heavy atom. The number of aromatic nitrogens is 2. The Morgan fingerprint density at radius 2 is 2.11 bits per heavy atom. The Balaban J connectivity index is 2.40. The van der Waals surface area contributed by atoms with Gasteiger partial charge in [-0.15, -0.1) is 0 Å². The first kappa shape index (κ1) is 21.1. The van der Waals surface area contributed by atoms with Crippen LogP contribution in [0, 0.1) is 5.41 Å². The SMILES string of the molecule is CCCCc1nc2cc(C=CC(=O)NO)ccc2n1CC(C)(C)CN(C)C. The van der Waals surface area contributed by atoms with Gasteiger partial charge in [0, 0.05) is 25.6 Å². The number of carbonyl (C=O) groups is 1. The van der Waals surface area contributed by atoms with Crippen LogP contribution in [0.5, 0.6) is 0 Å². The summed E-state index contributed by atoms with van der Waals surface area (Å²) in [6.07, 6.45) is 6.18. The molecule has 1 aromatic heterocycles. The molecule has 0 spiro atoms. The Hall–Kier alpha value is -2.18. The lowest BCUT2D eigenvalue weighted by Crippen LogP contribution is -2.32. The molecule has 6 nitrogen and oxygen atoms in total. The van der Waals surface area contributed by atoms with Crippen molar-refractivity contribution in [3.05, 3.63) is 35.7 Å². The van der Waals surface area contributed by atoms with Crippen LogP contribution in [-0.2, 0) is 17.8 Å². The first-order chi connectivity index (χ1) is 12.8. The second-order valence-electron chi connectivity index (χ2n) is 8.18. The zero-order valence-electron chi connectivity index (χ0n) is 17.1. The summed E-state index contributed by atoms with van der Waals surface area (Å²) in [4.78, 5) is 18.3. The molecule has 2 aromatic rings. The van der Waals surface area contributed by atoms with Crippen molar-refractivity contribution in [3.8, 4) is 0 Å². The monoisotopic (exact) mass is 372 g/mol. The minimum atomic E-state index is -0.547. The van der Waals surface area contributed by atoms with Crippen LogP contribution in [-0.4, -0.2) is 46.2 Å². The van der Waals surface area contributed by atoms with Crippen LogP contribution in [0.15, 0.2) is 24.3 Å². The van der Waals surface area contributed by atoms with Gasteiger partial charge in [-0.25, -0.2) is 10.5 Å². The lowest BCUT2D eigenvalue weighted by atomic mass is 9.92. The van der Waals surface area contributed by atoms with Gasteiger partial charge in [-0.3, -0.25) is 10.0 Å². The highest BCUT2D eigenvalue weighted by atomic mass is 16.5. The molecule has 0 saturated heterocycles. The zero-order valence-corrected chi connectivity index (χ0v) is 17.1. The number of benzene rings is 1. The Labute approximate surface area is 161 Å². The molecule has 1 aromatic carbocycles. The maximum atomic E-state index is 11.2. The van der Waals surface area contributed by atoms with Crippen molar-refractivity contribution < 1.29 is 10.0 Å². The molecular formula is C21H32N4O2. The molecule has 0 radical (unpaired) electrons. The smallest absolute Gasteiger partial charge is 0.267 e. The van der Waals surface area contributed by atoms with Crippen LogP contribution in [0.3, 0.4) is 0 Å². The van der Waals surface area contributed by atoms with Gasteiger partial charge in [-0.05, 0) is 49.7 Å². The number of rotatable bonds is 9. The van der Waals surface area contributed by atoms with E-state index in [0.29, 0.717) is 0 Å². The first-order valence-electron chi connectivity index (χ1n) is 9.52. The first-order valence-corrected chi connectivity index (χ1v) is 9.52. The van der Waals surface area contributed by atoms with E-state index in [4.69, 9.17) is 10.2 Å². The minimum absolute atomic E-state index is 0.121. The topological polar surface area (TPSA) is 70.4 Å². The van der Waals surface area contributed by atoms with Crippen molar-refractivity contribution in [2.45, 2.75) is 46.6 Å². The summed E-state index contributed by atoms with van der Waals surface area (Å²) in [7, 11) is 4.21. The lowest BCUT2D eigenvalue weighted by molar-refractivity contribution is -0.124. The van der Waals surface area contributed by atoms with E-state index in [9.17, 15) is 4.79 Å². The molecule has 0 bridgehead atoms. The van der Waals surface area contributed by atoms with Crippen molar-refractivity contribution in [2.75, 3.05) is 20.6 Å². The fourth-order valence-electron chi connectivity index (χ4n) is 3.55. The van der Waals surface area contributed by atoms with Gasteiger partial charge in [0.05, 0.1) is 11.0 Å². The van der Waals surface area contributed by atoms with Gasteiger partial charge in [0.2, 0.25) is 0 Å². The summed E-state index contributed by atoms with van der Waals surface area (Å²) in [5, 5.41) is 8.61. The van der Waals surface area contributed by atoms with Gasteiger partial charge < -0.3 is 9.47 Å². The lowest BCUT2D eigenvalue weighted by Gasteiger charge is -2.29. The molecule has 1 amide bonds. The van der Waals surface area contributed by atoms with E-state index in [-0.39, 0.29) is 5.41 Å². The summed E-state index contributed by atoms with van der Waals surface area (Å²) >= 11 is 0. The van der Waals surface area contributed by atoms with Crippen molar-refractivity contribution in [1.82, 2.24) is 19.9 Å². The quantitative estimate of drug-likeness (QED) is 0.402. The highest BCUT2D eigenvalue weighted by Crippen LogP contribution is 2.26. The summed E-state index contributed by atoms with van der Waals surface area (Å²) < 4.78 is 2.35. The van der Waals surface area contributed by atoms with Crippen LogP contribution < -0.4 is 5.48 Å². The molecule has 0 atom stereocenters. The molecule has 0 saturated carbocycles. The molecule has 0 fully saturated rings. The van der Waals surface area contributed by atoms with Crippen LogP contribution in [0.1, 0.15) is 45.0 Å². The summed E-state index contributed by atoms with van der Waals surface area (Å²) in [6.45, 7) is 8.66. The van der Waals surface area contributed by atoms with Gasteiger partial charge >= 0.3 is 0 Å². The van der Waals surface area contributed by atoms with Gasteiger partial charge in [0.15, 0.2) is 0 Å². The molecular weight excluding hydrogens is 340 g/mol. The maximum Gasteiger partial charge on any atom is 0.267 e. The van der Waals surface area contributed by atoms with E-state index in [1.54, 1.807) is 11.6 Å². The van der Waals surface area contributed by atoms with E-state index in [1.807, 2.05) is 12.1 Å². The Bertz CT molecular complexity index is 806. The van der Waals surface area contributed by atoms with E-state index < -0.39 is 5.91 Å². The van der Waals surface area contributed by atoms with Gasteiger partial charge in [-0.2, -0.15) is 0 Å². The van der Waals surface area contributed by atoms with Crippen molar-refractivity contribution in [1.29, 1.82) is 0 Å². The Kier molecular flexibility index (Phi) is 7.16. The summed E-state index contributed by atoms with van der Waals surface area (Å²) in [5.41, 5.74) is 4.66. The van der Waals surface area contributed by atoms with Gasteiger partial charge in [-0.1, -0.05) is 33.3 Å². The second kappa shape index (κ2) is 9.15. The normalized spacial score (nSPS) is 12.4. The third-order valence-electron chi connectivity index (χ3n) is 4.47. The van der Waals surface area contributed by atoms with Crippen molar-refractivity contribution in [2.24, 2.45) is 5.41 Å². The Morgan fingerprint density at radius 3 is 2.74 bits per heavy atom. The van der Waals surface area contributed by atoms with Gasteiger partial charge in [0.1, 0.15) is 5.82 Å². The van der Waals surface area contributed by atoms with Gasteiger partial charge in [0.25, 0.3) is 5.91 Å². The molecule has 27 heavy (non-hydrogen) atoms. The number of unbranched alkanes of at least 4 members (excludes halogenated alkanes) is 1. The second-order valence-corrected chi connectivity index (χ2v) is 8.18. The van der Waals surface area contributed by atoms with E-state index >= 15 is 0 Å². The fraction of sp³-hybridized carbons (Fsp3) is 0.524. The molecule has 2 rings (SSSR count). The largest absolute Gasteiger partial charge is 0.327 e. The predicted octanol–water partition coefficient (Wildman–Crippen LogP) is 3.49. The molecule has 0 aliphatic heterocycles. The van der Waals surface area contributed by atoms with Crippen LogP contribution in [0.25, 0.3) is 17.1 Å². The number of nitrogens with zero attached hydrogens (tertiary/aromatic N) is 3. The summed E-state index contributed by atoms with van der Waals surface area (Å²) in [5.74, 6) is 0.572. The van der Waals surface area contributed by atoms with Crippen molar-refractivity contribution >= 4 is 23.0 Å². The summed E-state index contributed by atoms with van der Waals surface area (Å²) in [6, 6.07) is 6.03. The molecule has 6 heteroatoms. The van der Waals surface area contributed by atoms with Crippen LogP contribution in [0.4, 0.5) is 0 Å². The number of hydroxylamine groups is 1. The zero-order chi connectivity index (χ0) is 20.0. The maximum absolute atomic E-state index is 11.2. The molecule has 148 valence electrons.